The van der Waals surface area contributed by atoms with Gasteiger partial charge in [-0.1, -0.05) is 84.3 Å². The van der Waals surface area contributed by atoms with Crippen molar-refractivity contribution in [1.82, 2.24) is 35.7 Å². The van der Waals surface area contributed by atoms with Crippen LogP contribution in [0.25, 0.3) is 10.4 Å². The van der Waals surface area contributed by atoms with Crippen molar-refractivity contribution in [1.29, 1.82) is 5.26 Å². The summed E-state index contributed by atoms with van der Waals surface area (Å²) >= 11 is 7.85. The van der Waals surface area contributed by atoms with Crippen molar-refractivity contribution in [2.24, 2.45) is 21.7 Å². The highest BCUT2D eigenvalue weighted by Gasteiger charge is 2.64. The van der Waals surface area contributed by atoms with E-state index >= 15 is 0 Å². The van der Waals surface area contributed by atoms with Gasteiger partial charge in [0.1, 0.15) is 35.8 Å². The van der Waals surface area contributed by atoms with Crippen molar-refractivity contribution in [3.05, 3.63) is 93.7 Å². The number of thiazole rings is 1. The zero-order valence-electron chi connectivity index (χ0n) is 42.8. The Hall–Kier alpha value is -5.64. The van der Waals surface area contributed by atoms with E-state index in [4.69, 9.17) is 26.1 Å². The molecule has 1 saturated carbocycles. The Kier molecular flexibility index (Phi) is 15.1. The van der Waals surface area contributed by atoms with Crippen LogP contribution < -0.4 is 25.6 Å². The quantitative estimate of drug-likeness (QED) is 0.100. The number of nitriles is 1. The maximum absolute atomic E-state index is 14.4. The molecule has 4 atom stereocenters. The number of nitrogens with one attached hydrogen (secondary N) is 3. The zero-order valence-corrected chi connectivity index (χ0v) is 44.3. The van der Waals surface area contributed by atoms with Crippen molar-refractivity contribution in [3.63, 3.8) is 0 Å². The molecule has 0 spiro atoms. The van der Waals surface area contributed by atoms with Crippen LogP contribution in [-0.2, 0) is 19.1 Å². The summed E-state index contributed by atoms with van der Waals surface area (Å²) in [7, 11) is 0. The number of carbonyl (C=O) groups is 4. The van der Waals surface area contributed by atoms with Gasteiger partial charge in [0, 0.05) is 86.7 Å². The van der Waals surface area contributed by atoms with Crippen LogP contribution in [0.5, 0.6) is 5.75 Å². The van der Waals surface area contributed by atoms with Crippen LogP contribution in [0.4, 0.5) is 5.82 Å². The van der Waals surface area contributed by atoms with Gasteiger partial charge >= 0.3 is 0 Å². The lowest BCUT2D eigenvalue weighted by Crippen LogP contribution is -2.74. The summed E-state index contributed by atoms with van der Waals surface area (Å²) in [6.07, 6.45) is 0.773. The Morgan fingerprint density at radius 2 is 1.68 bits per heavy atom. The molecule has 5 heterocycles. The maximum Gasteiger partial charge on any atom is 0.253 e. The van der Waals surface area contributed by atoms with Crippen LogP contribution in [0.2, 0.25) is 5.02 Å². The molecule has 4 aromatic rings. The molecule has 3 aliphatic heterocycles. The number of aromatic nitrogens is 2. The molecule has 3 saturated heterocycles. The summed E-state index contributed by atoms with van der Waals surface area (Å²) < 4.78 is 12.1. The number of nitrogens with zero attached hydrogens (tertiary/aromatic N) is 6. The maximum atomic E-state index is 14.4. The molecule has 2 aromatic heterocycles. The van der Waals surface area contributed by atoms with E-state index < -0.39 is 45.8 Å². The number of ether oxygens (including phenoxy) is 2. The average molecular weight is 1020 g/mol. The zero-order chi connectivity index (χ0) is 51.9. The van der Waals surface area contributed by atoms with Gasteiger partial charge in [0.25, 0.3) is 5.91 Å². The molecular weight excluding hydrogens is 954 g/mol. The molecule has 4 fully saturated rings. The first kappa shape index (κ1) is 52.7. The van der Waals surface area contributed by atoms with Gasteiger partial charge in [-0.25, -0.2) is 9.97 Å². The van der Waals surface area contributed by atoms with Gasteiger partial charge in [0.15, 0.2) is 0 Å². The minimum Gasteiger partial charge on any atom is -0.489 e. The fraction of sp³-hybridized carbons (Fsp3) is 0.537. The number of pyridine rings is 1. The van der Waals surface area contributed by atoms with E-state index in [0.29, 0.717) is 54.7 Å². The predicted molar refractivity (Wildman–Crippen MR) is 277 cm³/mol. The van der Waals surface area contributed by atoms with Gasteiger partial charge in [-0.15, -0.1) is 11.3 Å². The Morgan fingerprint density at radius 3 is 2.25 bits per heavy atom. The molecule has 18 heteroatoms. The van der Waals surface area contributed by atoms with Gasteiger partial charge in [-0.3, -0.25) is 24.1 Å². The van der Waals surface area contributed by atoms with Gasteiger partial charge in [-0.05, 0) is 54.7 Å². The van der Waals surface area contributed by atoms with Crippen LogP contribution in [0.15, 0.2) is 66.3 Å². The smallest absolute Gasteiger partial charge is 0.253 e. The van der Waals surface area contributed by atoms with E-state index in [-0.39, 0.29) is 55.3 Å². The number of likely N-dealkylation sites (tertiary alicyclic amines) is 1. The van der Waals surface area contributed by atoms with Crippen molar-refractivity contribution in [2.45, 2.75) is 112 Å². The third kappa shape index (κ3) is 11.0. The number of halogens is 1. The molecule has 4 aliphatic rings. The number of β-amino-alcohol motifs (C(OH)–C–C–N with tert-alkyl or cyclic N) is 1. The molecule has 1 aliphatic carbocycles. The summed E-state index contributed by atoms with van der Waals surface area (Å²) in [5.74, 6) is 0.102. The number of carbonyl (C=O) groups excluding carboxylic acids is 4. The highest BCUT2D eigenvalue weighted by atomic mass is 35.5. The van der Waals surface area contributed by atoms with Crippen molar-refractivity contribution in [2.75, 3.05) is 57.4 Å². The fourth-order valence-corrected chi connectivity index (χ4v) is 12.4. The van der Waals surface area contributed by atoms with Crippen molar-refractivity contribution < 1.29 is 33.8 Å². The van der Waals surface area contributed by atoms with Crippen molar-refractivity contribution in [3.8, 4) is 22.3 Å². The summed E-state index contributed by atoms with van der Waals surface area (Å²) in [6, 6.07) is 16.4. The largest absolute Gasteiger partial charge is 0.489 e. The topological polar surface area (TPSA) is 202 Å². The number of amides is 4. The Labute approximate surface area is 431 Å². The molecular formula is C54H68ClN9O7S. The third-order valence-electron chi connectivity index (χ3n) is 15.1. The monoisotopic (exact) mass is 1020 g/mol. The van der Waals surface area contributed by atoms with E-state index in [1.807, 2.05) is 70.5 Å². The second-order valence-electron chi connectivity index (χ2n) is 22.5. The normalized spacial score (nSPS) is 23.1. The standard InChI is InChI=1S/C54H68ClN9O7S/c1-32(34-10-12-35(13-11-34)44-33(2)58-31-72-44)59-47(68)41-22-38(65)27-64(41)48(69)45(51(3,4)5)60-43(66)24-54(29-70-30-54)28-62-18-20-63(21-19-62)42-17-15-37(26-57-42)46(67)61-49-52(6,7)50(53(49,8)9)71-39-16-14-36(25-56)40(55)23-39/h10-17,23,26,31-32,38,41,45,49-50,65H,18-22,24,27-30H2,1-9H3,(H,59,68)(H,60,66)(H,61,67)/t32-,38+,41-,45?,49?,50?/m0/s1. The Morgan fingerprint density at radius 1 is 0.986 bits per heavy atom. The van der Waals surface area contributed by atoms with Crippen LogP contribution in [0.3, 0.4) is 0 Å². The van der Waals surface area contributed by atoms with Gasteiger partial charge in [-0.2, -0.15) is 5.26 Å². The van der Waals surface area contributed by atoms with E-state index in [1.54, 1.807) is 41.8 Å². The number of aliphatic hydroxyl groups is 1. The van der Waals surface area contributed by atoms with E-state index in [2.05, 4.69) is 64.5 Å². The number of aryl methyl sites for hydroxylation is 1. The van der Waals surface area contributed by atoms with E-state index in [9.17, 15) is 29.5 Å². The van der Waals surface area contributed by atoms with Crippen LogP contribution >= 0.6 is 22.9 Å². The lowest BCUT2D eigenvalue weighted by molar-refractivity contribution is -0.164. The second-order valence-corrected chi connectivity index (χ2v) is 23.8. The first-order valence-electron chi connectivity index (χ1n) is 24.8. The predicted octanol–water partition coefficient (Wildman–Crippen LogP) is 6.55. The molecule has 4 amide bonds. The number of hydrogen-bond acceptors (Lipinski definition) is 13. The number of rotatable bonds is 15. The number of aliphatic hydroxyl groups excluding tert-OH is 1. The summed E-state index contributed by atoms with van der Waals surface area (Å²) in [5.41, 5.74) is 3.63. The minimum atomic E-state index is -0.942. The fourth-order valence-electron chi connectivity index (χ4n) is 11.3. The number of anilines is 1. The number of hydrogen-bond donors (Lipinski definition) is 4. The molecule has 8 rings (SSSR count). The molecule has 384 valence electrons. The summed E-state index contributed by atoms with van der Waals surface area (Å²) in [5, 5.41) is 29.7. The molecule has 0 bridgehead atoms. The number of benzene rings is 2. The summed E-state index contributed by atoms with van der Waals surface area (Å²) in [6.45, 7) is 22.1. The summed E-state index contributed by atoms with van der Waals surface area (Å²) in [4.78, 5) is 71.9. The molecule has 16 nitrogen and oxygen atoms in total. The molecule has 0 radical (unpaired) electrons. The van der Waals surface area contributed by atoms with Crippen LogP contribution in [-0.4, -0.2) is 131 Å². The highest BCUT2D eigenvalue weighted by Crippen LogP contribution is 2.55. The van der Waals surface area contributed by atoms with Gasteiger partial charge in [0.2, 0.25) is 17.7 Å². The lowest BCUT2D eigenvalue weighted by atomic mass is 9.49. The first-order valence-corrected chi connectivity index (χ1v) is 26.0. The highest BCUT2D eigenvalue weighted by molar-refractivity contribution is 7.13. The van der Waals surface area contributed by atoms with Gasteiger partial charge in [0.05, 0.1) is 57.6 Å². The molecule has 1 unspecified atom stereocenters. The molecule has 72 heavy (non-hydrogen) atoms. The lowest BCUT2D eigenvalue weighted by Gasteiger charge is -2.63. The number of piperazine rings is 1. The Balaban J connectivity index is 0.818. The van der Waals surface area contributed by atoms with Crippen molar-refractivity contribution >= 4 is 52.4 Å². The minimum absolute atomic E-state index is 0.0100. The van der Waals surface area contributed by atoms with E-state index in [1.165, 1.54) is 4.90 Å². The third-order valence-corrected chi connectivity index (χ3v) is 16.4. The molecule has 2 aromatic carbocycles. The van der Waals surface area contributed by atoms with Crippen LogP contribution in [0, 0.1) is 39.9 Å². The first-order chi connectivity index (χ1) is 34.0. The Bertz CT molecular complexity index is 2670. The average Bonchev–Trinajstić information content (AvgIpc) is 3.95. The second kappa shape index (κ2) is 20.7. The van der Waals surface area contributed by atoms with E-state index in [0.717, 1.165) is 40.6 Å². The SMILES string of the molecule is Cc1ncsc1-c1ccc([C@H](C)NC(=O)[C@@H]2C[C@@H](O)CN2C(=O)C(NC(=O)CC2(CN3CCN(c4ccc(C(=O)NC5C(C)(C)C(Oc6ccc(C#N)c(Cl)c6)C5(C)C)cn4)CC3)COC2)C(C)(C)C)cc1. The van der Waals surface area contributed by atoms with Gasteiger partial charge < -0.3 is 40.3 Å². The molecule has 4 N–H and O–H groups in total. The van der Waals surface area contributed by atoms with Crippen LogP contribution in [0.1, 0.15) is 101 Å².